The van der Waals surface area contributed by atoms with E-state index in [-0.39, 0.29) is 29.0 Å². The predicted molar refractivity (Wildman–Crippen MR) is 83.2 cm³/mol. The smallest absolute Gasteiger partial charge is 0.251 e. The zero-order valence-electron chi connectivity index (χ0n) is 12.0. The topological polar surface area (TPSA) is 81.6 Å². The summed E-state index contributed by atoms with van der Waals surface area (Å²) in [7, 11) is 0. The van der Waals surface area contributed by atoms with E-state index in [2.05, 4.69) is 23.8 Å². The van der Waals surface area contributed by atoms with Gasteiger partial charge in [-0.2, -0.15) is 0 Å². The second-order valence-electron chi connectivity index (χ2n) is 4.56. The molecule has 5 heteroatoms. The van der Waals surface area contributed by atoms with E-state index in [0.29, 0.717) is 6.54 Å². The summed E-state index contributed by atoms with van der Waals surface area (Å²) in [6.45, 7) is 9.60. The van der Waals surface area contributed by atoms with Crippen LogP contribution in [0.1, 0.15) is 17.3 Å². The molecule has 21 heavy (non-hydrogen) atoms. The van der Waals surface area contributed by atoms with Gasteiger partial charge in [-0.05, 0) is 31.2 Å². The number of hydrogen-bond acceptors (Lipinski definition) is 4. The highest BCUT2D eigenvalue weighted by molar-refractivity contribution is 5.95. The summed E-state index contributed by atoms with van der Waals surface area (Å²) >= 11 is 0. The van der Waals surface area contributed by atoms with Crippen molar-refractivity contribution in [1.29, 1.82) is 0 Å². The van der Waals surface area contributed by atoms with Gasteiger partial charge in [0.2, 0.25) is 0 Å². The van der Waals surface area contributed by atoms with Crippen LogP contribution < -0.4 is 10.6 Å². The van der Waals surface area contributed by atoms with Gasteiger partial charge in [0.15, 0.2) is 0 Å². The first-order chi connectivity index (χ1) is 9.96. The van der Waals surface area contributed by atoms with E-state index in [1.807, 2.05) is 6.92 Å². The molecule has 1 unspecified atom stereocenters. The van der Waals surface area contributed by atoms with E-state index in [0.717, 1.165) is 11.8 Å². The first-order valence-corrected chi connectivity index (χ1v) is 6.49. The van der Waals surface area contributed by atoms with Crippen LogP contribution in [0.2, 0.25) is 0 Å². The maximum absolute atomic E-state index is 12.0. The van der Waals surface area contributed by atoms with Crippen LogP contribution in [-0.2, 0) is 0 Å². The first-order valence-electron chi connectivity index (χ1n) is 6.49. The first kappa shape index (κ1) is 16.4. The molecule has 0 aromatic heterocycles. The molecule has 1 aromatic carbocycles. The monoisotopic (exact) mass is 288 g/mol. The van der Waals surface area contributed by atoms with Crippen molar-refractivity contribution in [3.63, 3.8) is 0 Å². The number of amides is 1. The largest absolute Gasteiger partial charge is 0.508 e. The molecule has 1 amide bonds. The summed E-state index contributed by atoms with van der Waals surface area (Å²) in [5.41, 5.74) is 1.01. The van der Waals surface area contributed by atoms with Crippen molar-refractivity contribution in [2.45, 2.75) is 13.0 Å². The quantitative estimate of drug-likeness (QED) is 0.579. The molecule has 1 atom stereocenters. The number of phenolic OH excluding ortho intramolecular Hbond substituents is 2. The van der Waals surface area contributed by atoms with Crippen molar-refractivity contribution in [3.05, 3.63) is 60.8 Å². The lowest BCUT2D eigenvalue weighted by molar-refractivity contribution is 0.0939. The van der Waals surface area contributed by atoms with E-state index in [1.165, 1.54) is 12.1 Å². The summed E-state index contributed by atoms with van der Waals surface area (Å²) in [6.07, 6.45) is 5.07. The molecule has 1 rings (SSSR count). The van der Waals surface area contributed by atoms with Crippen molar-refractivity contribution in [1.82, 2.24) is 10.6 Å². The lowest BCUT2D eigenvalue weighted by Gasteiger charge is -2.16. The lowest BCUT2D eigenvalue weighted by Crippen LogP contribution is -2.39. The van der Waals surface area contributed by atoms with Crippen LogP contribution >= 0.6 is 0 Å². The Morgan fingerprint density at radius 3 is 2.43 bits per heavy atom. The average Bonchev–Trinajstić information content (AvgIpc) is 2.42. The Balaban J connectivity index is 2.59. The Labute approximate surface area is 124 Å². The van der Waals surface area contributed by atoms with E-state index < -0.39 is 0 Å². The number of carbonyl (C=O) groups excluding carboxylic acids is 1. The number of nitrogens with one attached hydrogen (secondary N) is 2. The Kier molecular flexibility index (Phi) is 6.07. The van der Waals surface area contributed by atoms with Gasteiger partial charge in [0, 0.05) is 29.9 Å². The molecular weight excluding hydrogens is 268 g/mol. The Bertz CT molecular complexity index is 544. The second-order valence-corrected chi connectivity index (χ2v) is 4.56. The minimum atomic E-state index is -0.372. The molecule has 0 radical (unpaired) electrons. The van der Waals surface area contributed by atoms with Gasteiger partial charge in [0.1, 0.15) is 11.5 Å². The molecule has 112 valence electrons. The van der Waals surface area contributed by atoms with Crippen LogP contribution in [0.4, 0.5) is 0 Å². The van der Waals surface area contributed by atoms with Gasteiger partial charge in [-0.3, -0.25) is 4.79 Å². The molecular formula is C16H20N2O3. The van der Waals surface area contributed by atoms with Gasteiger partial charge in [-0.15, -0.1) is 0 Å². The van der Waals surface area contributed by atoms with E-state index in [9.17, 15) is 15.0 Å². The summed E-state index contributed by atoms with van der Waals surface area (Å²) in [6, 6.07) is 3.59. The Morgan fingerprint density at radius 2 is 1.90 bits per heavy atom. The van der Waals surface area contributed by atoms with E-state index in [1.54, 1.807) is 18.2 Å². The van der Waals surface area contributed by atoms with Crippen LogP contribution in [0.25, 0.3) is 0 Å². The highest BCUT2D eigenvalue weighted by Gasteiger charge is 2.11. The molecule has 0 saturated heterocycles. The molecule has 0 fully saturated rings. The number of aromatic hydroxyl groups is 2. The lowest BCUT2D eigenvalue weighted by atomic mass is 10.1. The van der Waals surface area contributed by atoms with Crippen molar-refractivity contribution in [2.24, 2.45) is 0 Å². The van der Waals surface area contributed by atoms with Gasteiger partial charge < -0.3 is 20.8 Å². The van der Waals surface area contributed by atoms with E-state index >= 15 is 0 Å². The molecule has 0 aliphatic carbocycles. The number of phenols is 2. The fraction of sp³-hybridized carbons (Fsp3) is 0.188. The van der Waals surface area contributed by atoms with Gasteiger partial charge >= 0.3 is 0 Å². The van der Waals surface area contributed by atoms with Crippen LogP contribution in [-0.4, -0.2) is 28.7 Å². The zero-order valence-corrected chi connectivity index (χ0v) is 12.0. The normalized spacial score (nSPS) is 12.3. The van der Waals surface area contributed by atoms with Gasteiger partial charge in [-0.25, -0.2) is 0 Å². The number of rotatable bonds is 7. The van der Waals surface area contributed by atoms with Crippen LogP contribution in [0.5, 0.6) is 11.5 Å². The average molecular weight is 288 g/mol. The Hall–Kier alpha value is -2.69. The van der Waals surface area contributed by atoms with Crippen molar-refractivity contribution in [2.75, 3.05) is 6.54 Å². The van der Waals surface area contributed by atoms with Crippen molar-refractivity contribution < 1.29 is 15.0 Å². The van der Waals surface area contributed by atoms with Crippen molar-refractivity contribution >= 4 is 5.91 Å². The highest BCUT2D eigenvalue weighted by atomic mass is 16.3. The van der Waals surface area contributed by atoms with Crippen LogP contribution in [0.3, 0.4) is 0 Å². The molecule has 5 nitrogen and oxygen atoms in total. The minimum absolute atomic E-state index is 0.157. The van der Waals surface area contributed by atoms with Crippen LogP contribution in [0.15, 0.2) is 55.3 Å². The molecule has 0 aliphatic heterocycles. The maximum Gasteiger partial charge on any atom is 0.251 e. The fourth-order valence-corrected chi connectivity index (χ4v) is 1.68. The number of hydrogen-bond donors (Lipinski definition) is 4. The highest BCUT2D eigenvalue weighted by Crippen LogP contribution is 2.20. The third kappa shape index (κ3) is 5.44. The molecule has 0 spiro atoms. The zero-order chi connectivity index (χ0) is 15.8. The standard InChI is InChI=1S/C16H20N2O3/c1-4-6-13(5-2)17-10-11(3)18-16(21)12-7-14(19)9-15(20)8-12/h4-9,11,17,19-20H,1-2,10H2,3H3,(H,18,21)/b13-6+. The molecule has 0 bridgehead atoms. The molecule has 0 heterocycles. The number of carbonyl (C=O) groups is 1. The van der Waals surface area contributed by atoms with Gasteiger partial charge in [0.25, 0.3) is 5.91 Å². The molecule has 0 aliphatic rings. The second kappa shape index (κ2) is 7.79. The molecule has 4 N–H and O–H groups in total. The number of allylic oxidation sites excluding steroid dienone is 3. The molecule has 0 saturated carbocycles. The maximum atomic E-state index is 12.0. The van der Waals surface area contributed by atoms with E-state index in [4.69, 9.17) is 0 Å². The van der Waals surface area contributed by atoms with Crippen molar-refractivity contribution in [3.8, 4) is 11.5 Å². The van der Waals surface area contributed by atoms with Gasteiger partial charge in [-0.1, -0.05) is 19.2 Å². The SMILES string of the molecule is C=C/C=C(\C=C)NCC(C)NC(=O)c1cc(O)cc(O)c1. The summed E-state index contributed by atoms with van der Waals surface area (Å²) in [5, 5.41) is 24.6. The third-order valence-electron chi connectivity index (χ3n) is 2.67. The van der Waals surface area contributed by atoms with Gasteiger partial charge in [0.05, 0.1) is 0 Å². The predicted octanol–water partition coefficient (Wildman–Crippen LogP) is 2.06. The fourth-order valence-electron chi connectivity index (χ4n) is 1.68. The molecule has 1 aromatic rings. The van der Waals surface area contributed by atoms with Crippen LogP contribution in [0, 0.1) is 0 Å². The minimum Gasteiger partial charge on any atom is -0.508 e. The number of benzene rings is 1. The summed E-state index contributed by atoms with van der Waals surface area (Å²) < 4.78 is 0. The Morgan fingerprint density at radius 1 is 1.29 bits per heavy atom. The summed E-state index contributed by atoms with van der Waals surface area (Å²) in [5.74, 6) is -0.689. The summed E-state index contributed by atoms with van der Waals surface area (Å²) in [4.78, 5) is 12.0. The third-order valence-corrected chi connectivity index (χ3v) is 2.67.